The summed E-state index contributed by atoms with van der Waals surface area (Å²) in [5, 5.41) is 18.6. The largest absolute Gasteiger partial charge is 0.481 e. The number of aliphatic hydroxyl groups excluding tert-OH is 1. The lowest BCUT2D eigenvalue weighted by atomic mass is 10.6. The predicted octanol–water partition coefficient (Wildman–Crippen LogP) is 0.0251. The lowest BCUT2D eigenvalue weighted by molar-refractivity contribution is -0.134. The Labute approximate surface area is 60.9 Å². The fraction of sp³-hybridized carbons (Fsp3) is 0.833. The van der Waals surface area contributed by atoms with Crippen LogP contribution < -0.4 is 5.32 Å². The molecule has 0 amide bonds. The van der Waals surface area contributed by atoms with Crippen LogP contribution >= 0.6 is 0 Å². The number of carboxylic acid groups (broad SMARTS) is 1. The van der Waals surface area contributed by atoms with E-state index in [1.165, 1.54) is 0 Å². The van der Waals surface area contributed by atoms with E-state index >= 15 is 0 Å². The maximum absolute atomic E-state index is 9.00. The average Bonchev–Trinajstić information content (AvgIpc) is 1.62. The molecular formula is C6H15NO3. The highest BCUT2D eigenvalue weighted by Gasteiger charge is 1.83. The normalized spacial score (nSPS) is 11.2. The Balaban J connectivity index is 0. The highest BCUT2D eigenvalue weighted by Crippen LogP contribution is 1.65. The van der Waals surface area contributed by atoms with Crippen molar-refractivity contribution in [3.63, 3.8) is 0 Å². The molecule has 4 heteroatoms. The number of nitrogens with one attached hydrogen (secondary N) is 1. The first-order valence-corrected chi connectivity index (χ1v) is 3.11. The molecular weight excluding hydrogens is 134 g/mol. The standard InChI is InChI=1S/C4H11NO.C2H4O2/c1-3-5-4(2)6;1-2(3)4/h4-6H,3H2,1-2H3;1H3,(H,3,4). The van der Waals surface area contributed by atoms with Gasteiger partial charge in [-0.15, -0.1) is 0 Å². The second-order valence-corrected chi connectivity index (χ2v) is 1.75. The van der Waals surface area contributed by atoms with Crippen molar-refractivity contribution in [1.82, 2.24) is 5.32 Å². The topological polar surface area (TPSA) is 69.6 Å². The summed E-state index contributed by atoms with van der Waals surface area (Å²) in [6.45, 7) is 5.56. The molecule has 0 saturated heterocycles. The number of hydrogen-bond acceptors (Lipinski definition) is 3. The summed E-state index contributed by atoms with van der Waals surface area (Å²) in [7, 11) is 0. The summed E-state index contributed by atoms with van der Waals surface area (Å²) in [6.07, 6.45) is -0.352. The fourth-order valence-electron chi connectivity index (χ4n) is 0.295. The third-order valence-electron chi connectivity index (χ3n) is 0.500. The van der Waals surface area contributed by atoms with Crippen LogP contribution in [0.25, 0.3) is 0 Å². The number of rotatable bonds is 2. The first kappa shape index (κ1) is 12.1. The van der Waals surface area contributed by atoms with Crippen LogP contribution in [-0.4, -0.2) is 29.0 Å². The van der Waals surface area contributed by atoms with Gasteiger partial charge in [-0.1, -0.05) is 6.92 Å². The molecule has 4 nitrogen and oxygen atoms in total. The van der Waals surface area contributed by atoms with Crippen molar-refractivity contribution in [3.8, 4) is 0 Å². The van der Waals surface area contributed by atoms with Gasteiger partial charge in [-0.2, -0.15) is 0 Å². The van der Waals surface area contributed by atoms with Gasteiger partial charge in [0.2, 0.25) is 0 Å². The van der Waals surface area contributed by atoms with E-state index in [2.05, 4.69) is 5.32 Å². The van der Waals surface area contributed by atoms with Crippen LogP contribution in [0.2, 0.25) is 0 Å². The molecule has 62 valence electrons. The van der Waals surface area contributed by atoms with E-state index in [1.807, 2.05) is 6.92 Å². The zero-order valence-electron chi connectivity index (χ0n) is 6.59. The van der Waals surface area contributed by atoms with Gasteiger partial charge in [0.25, 0.3) is 5.97 Å². The number of aliphatic carboxylic acids is 1. The molecule has 0 spiro atoms. The van der Waals surface area contributed by atoms with Gasteiger partial charge in [-0.25, -0.2) is 0 Å². The molecule has 1 unspecified atom stereocenters. The second kappa shape index (κ2) is 8.39. The van der Waals surface area contributed by atoms with Crippen molar-refractivity contribution in [2.24, 2.45) is 0 Å². The van der Waals surface area contributed by atoms with Crippen molar-refractivity contribution >= 4 is 5.97 Å². The monoisotopic (exact) mass is 149 g/mol. The van der Waals surface area contributed by atoms with E-state index in [0.717, 1.165) is 13.5 Å². The molecule has 0 aliphatic heterocycles. The highest BCUT2D eigenvalue weighted by atomic mass is 16.4. The second-order valence-electron chi connectivity index (χ2n) is 1.75. The summed E-state index contributed by atoms with van der Waals surface area (Å²) in [5.74, 6) is -0.833. The molecule has 0 aromatic carbocycles. The maximum atomic E-state index is 9.00. The lowest BCUT2D eigenvalue weighted by Gasteiger charge is -2.00. The molecule has 0 aromatic rings. The SMILES string of the molecule is CC(=O)O.CCNC(C)O. The molecule has 0 rings (SSSR count). The van der Waals surface area contributed by atoms with Crippen LogP contribution in [0, 0.1) is 0 Å². The van der Waals surface area contributed by atoms with Crippen LogP contribution in [0.5, 0.6) is 0 Å². The fourth-order valence-corrected chi connectivity index (χ4v) is 0.295. The van der Waals surface area contributed by atoms with E-state index < -0.39 is 5.97 Å². The Morgan fingerprint density at radius 2 is 2.00 bits per heavy atom. The Morgan fingerprint density at radius 3 is 2.00 bits per heavy atom. The zero-order valence-corrected chi connectivity index (χ0v) is 6.59. The van der Waals surface area contributed by atoms with E-state index in [1.54, 1.807) is 6.92 Å². The molecule has 0 bridgehead atoms. The molecule has 0 saturated carbocycles. The highest BCUT2D eigenvalue weighted by molar-refractivity contribution is 5.62. The molecule has 10 heavy (non-hydrogen) atoms. The van der Waals surface area contributed by atoms with E-state index in [4.69, 9.17) is 15.0 Å². The van der Waals surface area contributed by atoms with Gasteiger partial charge in [0.05, 0.1) is 0 Å². The molecule has 0 aliphatic carbocycles. The summed E-state index contributed by atoms with van der Waals surface area (Å²) in [6, 6.07) is 0. The zero-order chi connectivity index (χ0) is 8.57. The van der Waals surface area contributed by atoms with Crippen molar-refractivity contribution < 1.29 is 15.0 Å². The first-order valence-electron chi connectivity index (χ1n) is 3.11. The minimum atomic E-state index is -0.833. The van der Waals surface area contributed by atoms with Crippen LogP contribution in [0.1, 0.15) is 20.8 Å². The average molecular weight is 149 g/mol. The van der Waals surface area contributed by atoms with Gasteiger partial charge in [0.1, 0.15) is 6.23 Å². The summed E-state index contributed by atoms with van der Waals surface area (Å²) >= 11 is 0. The number of aliphatic hydroxyl groups is 1. The minimum absolute atomic E-state index is 0.352. The molecule has 3 N–H and O–H groups in total. The predicted molar refractivity (Wildman–Crippen MR) is 38.7 cm³/mol. The molecule has 0 aliphatic rings. The van der Waals surface area contributed by atoms with Crippen LogP contribution in [0.4, 0.5) is 0 Å². The minimum Gasteiger partial charge on any atom is -0.481 e. The third-order valence-corrected chi connectivity index (χ3v) is 0.500. The molecule has 0 aromatic heterocycles. The van der Waals surface area contributed by atoms with Gasteiger partial charge in [-0.05, 0) is 13.5 Å². The van der Waals surface area contributed by atoms with E-state index in [-0.39, 0.29) is 6.23 Å². The van der Waals surface area contributed by atoms with Crippen molar-refractivity contribution in [1.29, 1.82) is 0 Å². The van der Waals surface area contributed by atoms with Gasteiger partial charge < -0.3 is 10.2 Å². The molecule has 1 atom stereocenters. The number of hydrogen-bond donors (Lipinski definition) is 3. The van der Waals surface area contributed by atoms with Gasteiger partial charge >= 0.3 is 0 Å². The van der Waals surface area contributed by atoms with Crippen molar-refractivity contribution in [2.75, 3.05) is 6.54 Å². The summed E-state index contributed by atoms with van der Waals surface area (Å²) in [4.78, 5) is 9.00. The van der Waals surface area contributed by atoms with Gasteiger partial charge in [-0.3, -0.25) is 10.1 Å². The quantitative estimate of drug-likeness (QED) is 0.484. The molecule has 0 fully saturated rings. The van der Waals surface area contributed by atoms with Crippen LogP contribution in [-0.2, 0) is 4.79 Å². The number of carbonyl (C=O) groups is 1. The summed E-state index contributed by atoms with van der Waals surface area (Å²) < 4.78 is 0. The van der Waals surface area contributed by atoms with Gasteiger partial charge in [0, 0.05) is 6.92 Å². The van der Waals surface area contributed by atoms with Crippen LogP contribution in [0.15, 0.2) is 0 Å². The number of carboxylic acids is 1. The Morgan fingerprint density at radius 1 is 1.70 bits per heavy atom. The van der Waals surface area contributed by atoms with Crippen molar-refractivity contribution in [2.45, 2.75) is 27.0 Å². The van der Waals surface area contributed by atoms with Crippen LogP contribution in [0.3, 0.4) is 0 Å². The Bertz CT molecular complexity index is 79.1. The lowest BCUT2D eigenvalue weighted by Crippen LogP contribution is -2.24. The molecule has 0 radical (unpaired) electrons. The first-order chi connectivity index (χ1) is 4.50. The maximum Gasteiger partial charge on any atom is 0.300 e. The van der Waals surface area contributed by atoms with E-state index in [0.29, 0.717) is 0 Å². The molecule has 0 heterocycles. The summed E-state index contributed by atoms with van der Waals surface area (Å²) in [5.41, 5.74) is 0. The Kier molecular flexibility index (Phi) is 10.2. The van der Waals surface area contributed by atoms with Gasteiger partial charge in [0.15, 0.2) is 0 Å². The Hall–Kier alpha value is -0.610. The van der Waals surface area contributed by atoms with E-state index in [9.17, 15) is 0 Å². The van der Waals surface area contributed by atoms with Crippen molar-refractivity contribution in [3.05, 3.63) is 0 Å². The third kappa shape index (κ3) is 52.8. The smallest absolute Gasteiger partial charge is 0.300 e.